The van der Waals surface area contributed by atoms with Crippen LogP contribution in [0.2, 0.25) is 0 Å². The first-order valence-electron chi connectivity index (χ1n) is 26.8. The molecule has 0 spiro atoms. The molecule has 13 rings (SSSR count). The molecule has 0 saturated heterocycles. The molecule has 2 aromatic heterocycles. The second-order valence-corrected chi connectivity index (χ2v) is 19.8. The Morgan fingerprint density at radius 1 is 0.368 bits per heavy atom. The lowest BCUT2D eigenvalue weighted by atomic mass is 10.2. The molecule has 4 aliphatic heterocycles. The third-order valence-electron chi connectivity index (χ3n) is 14.6. The van der Waals surface area contributed by atoms with E-state index in [1.807, 2.05) is 78.8 Å². The number of pyridine rings is 2. The van der Waals surface area contributed by atoms with Gasteiger partial charge in [0.05, 0.1) is 71.2 Å². The van der Waals surface area contributed by atoms with Crippen LogP contribution in [-0.4, -0.2) is 78.9 Å². The van der Waals surface area contributed by atoms with Crippen LogP contribution in [0, 0.1) is 0 Å². The van der Waals surface area contributed by atoms with Crippen LogP contribution >= 0.6 is 0 Å². The lowest BCUT2D eigenvalue weighted by Gasteiger charge is -2.25. The van der Waals surface area contributed by atoms with Crippen molar-refractivity contribution in [3.05, 3.63) is 195 Å². The monoisotopic (exact) mass is 1010 g/mol. The summed E-state index contributed by atoms with van der Waals surface area (Å²) in [6.45, 7) is -0.265. The van der Waals surface area contributed by atoms with Crippen molar-refractivity contribution in [3.63, 3.8) is 0 Å². The van der Waals surface area contributed by atoms with Crippen LogP contribution in [0.4, 0.5) is 91.0 Å². The molecule has 0 radical (unpaired) electrons. The van der Waals surface area contributed by atoms with Gasteiger partial charge in [0, 0.05) is 141 Å². The van der Waals surface area contributed by atoms with Gasteiger partial charge in [-0.2, -0.15) is 0 Å². The fraction of sp³-hybridized carbons (Fsp3) is 0.161. The van der Waals surface area contributed by atoms with Crippen molar-refractivity contribution in [2.45, 2.75) is 0 Å². The van der Waals surface area contributed by atoms with Crippen molar-refractivity contribution in [1.29, 1.82) is 0 Å². The standard InChI is InChI=1S/C62H58N12O2/c1-65(2)47-29-49(69-39-67(5)61-37-63-27-25-59(61)69)35-53(33-47)75-51-15-11-13-45(31-51)73-41-71(55-17-7-9-19-57(55)73)43-21-23-44(24-22-43)72-42-74(58-20-10-8-18-56(58)72)46-14-12-16-52(32-46)76-54-34-48(66(3)4)30-50(36-54)70-40-68(6)62-38-64-28-26-60(62)70/h7-38H,39-42H2,1-6H3/i5D3. The number of hydrogen-bond acceptors (Lipinski definition) is 14. The summed E-state index contributed by atoms with van der Waals surface area (Å²) in [7, 11) is 10.2. The summed E-state index contributed by atoms with van der Waals surface area (Å²) in [5.41, 5.74) is 16.0. The number of rotatable bonds is 12. The summed E-state index contributed by atoms with van der Waals surface area (Å²) >= 11 is 0. The number of para-hydroxylation sites is 4. The van der Waals surface area contributed by atoms with Crippen molar-refractivity contribution in [2.24, 2.45) is 0 Å². The summed E-state index contributed by atoms with van der Waals surface area (Å²) in [6, 6.07) is 58.7. The Balaban J connectivity index is 0.730. The second-order valence-electron chi connectivity index (χ2n) is 19.8. The first-order valence-corrected chi connectivity index (χ1v) is 25.3. The maximum Gasteiger partial charge on any atom is 0.131 e. The molecule has 9 aromatic rings. The van der Waals surface area contributed by atoms with E-state index in [1.54, 1.807) is 12.4 Å². The molecule has 4 aliphatic rings. The normalized spacial score (nSPS) is 15.0. The highest BCUT2D eigenvalue weighted by molar-refractivity contribution is 5.90. The van der Waals surface area contributed by atoms with Crippen molar-refractivity contribution in [2.75, 3.05) is 118 Å². The third-order valence-corrected chi connectivity index (χ3v) is 14.6. The molecule has 0 amide bonds. The maximum atomic E-state index is 8.23. The topological polar surface area (TPSA) is 76.6 Å². The van der Waals surface area contributed by atoms with Crippen molar-refractivity contribution >= 4 is 91.0 Å². The molecular formula is C62H58N12O2. The molecule has 0 N–H and O–H groups in total. The predicted octanol–water partition coefficient (Wildman–Crippen LogP) is 13.8. The van der Waals surface area contributed by atoms with E-state index in [2.05, 4.69) is 193 Å². The lowest BCUT2D eigenvalue weighted by Crippen LogP contribution is -2.25. The smallest absolute Gasteiger partial charge is 0.131 e. The number of anilines is 16. The molecule has 6 heterocycles. The second kappa shape index (κ2) is 18.7. The van der Waals surface area contributed by atoms with Gasteiger partial charge in [0.25, 0.3) is 0 Å². The van der Waals surface area contributed by atoms with E-state index in [9.17, 15) is 0 Å². The molecule has 0 bridgehead atoms. The van der Waals surface area contributed by atoms with E-state index in [0.29, 0.717) is 37.2 Å². The van der Waals surface area contributed by atoms with Crippen LogP contribution in [0.3, 0.4) is 0 Å². The zero-order valence-corrected chi connectivity index (χ0v) is 43.0. The highest BCUT2D eigenvalue weighted by Gasteiger charge is 2.32. The van der Waals surface area contributed by atoms with E-state index >= 15 is 0 Å². The summed E-state index contributed by atoms with van der Waals surface area (Å²) in [5.74, 6) is 2.81. The zero-order chi connectivity index (χ0) is 54.1. The van der Waals surface area contributed by atoms with Gasteiger partial charge in [-0.15, -0.1) is 0 Å². The van der Waals surface area contributed by atoms with Gasteiger partial charge in [-0.05, 0) is 97.1 Å². The van der Waals surface area contributed by atoms with E-state index in [-0.39, 0.29) is 6.67 Å². The molecule has 0 unspecified atom stereocenters. The zero-order valence-electron chi connectivity index (χ0n) is 46.0. The Morgan fingerprint density at radius 3 is 1.18 bits per heavy atom. The van der Waals surface area contributed by atoms with Gasteiger partial charge in [-0.3, -0.25) is 9.97 Å². The van der Waals surface area contributed by atoms with Gasteiger partial charge in [0.15, 0.2) is 0 Å². The van der Waals surface area contributed by atoms with Crippen LogP contribution in [0.25, 0.3) is 0 Å². The Morgan fingerprint density at radius 2 is 0.750 bits per heavy atom. The van der Waals surface area contributed by atoms with Crippen LogP contribution in [0.5, 0.6) is 23.0 Å². The molecule has 14 heteroatoms. The van der Waals surface area contributed by atoms with Crippen molar-refractivity contribution < 1.29 is 13.6 Å². The average molecular weight is 1010 g/mol. The number of nitrogens with zero attached hydrogens (tertiary/aromatic N) is 12. The van der Waals surface area contributed by atoms with Crippen molar-refractivity contribution in [1.82, 2.24) is 9.97 Å². The Bertz CT molecular complexity index is 3770. The first-order chi connectivity index (χ1) is 38.3. The fourth-order valence-electron chi connectivity index (χ4n) is 10.7. The Labute approximate surface area is 448 Å². The molecule has 0 saturated carbocycles. The molecule has 76 heavy (non-hydrogen) atoms. The summed E-state index contributed by atoms with van der Waals surface area (Å²) < 4.78 is 38.1. The van der Waals surface area contributed by atoms with Gasteiger partial charge in [0.1, 0.15) is 36.3 Å². The lowest BCUT2D eigenvalue weighted by molar-refractivity contribution is 0.482. The molecule has 7 aromatic carbocycles. The van der Waals surface area contributed by atoms with Crippen LogP contribution < -0.4 is 58.5 Å². The van der Waals surface area contributed by atoms with Crippen LogP contribution in [-0.2, 0) is 0 Å². The molecule has 0 aliphatic carbocycles. The van der Waals surface area contributed by atoms with E-state index in [4.69, 9.17) is 13.6 Å². The van der Waals surface area contributed by atoms with Gasteiger partial charge in [-0.1, -0.05) is 36.4 Å². The number of aromatic nitrogens is 2. The summed E-state index contributed by atoms with van der Waals surface area (Å²) in [4.78, 5) is 30.0. The number of fused-ring (bicyclic) bond motifs is 4. The Hall–Kier alpha value is -9.56. The minimum absolute atomic E-state index is 0.149. The highest BCUT2D eigenvalue weighted by atomic mass is 16.5. The highest BCUT2D eigenvalue weighted by Crippen LogP contribution is 2.49. The van der Waals surface area contributed by atoms with Gasteiger partial charge < -0.3 is 58.5 Å². The summed E-state index contributed by atoms with van der Waals surface area (Å²) in [5, 5.41) is 0. The average Bonchev–Trinajstić information content (AvgIpc) is 4.28. The maximum absolute atomic E-state index is 8.23. The van der Waals surface area contributed by atoms with E-state index < -0.39 is 6.98 Å². The SMILES string of the molecule is [2H]C([2H])([2H])N1CN(c2cc(Oc3cccc(N4CN(c5ccc(N6CN(c7cccc(Oc8cc(N(C)C)cc(N9CN(C)c%10cnccc%109)c8)c7)c7ccccc76)cc5)c5ccccc54)c3)cc(N(C)C)c2)c2ccncc21. The quantitative estimate of drug-likeness (QED) is 0.117. The number of ether oxygens (including phenoxy) is 2. The molecule has 0 atom stereocenters. The molecule has 14 nitrogen and oxygen atoms in total. The number of hydrogen-bond donors (Lipinski definition) is 0. The molecular weight excluding hydrogens is 945 g/mol. The van der Waals surface area contributed by atoms with Gasteiger partial charge in [-0.25, -0.2) is 0 Å². The fourth-order valence-corrected chi connectivity index (χ4v) is 10.7. The minimum Gasteiger partial charge on any atom is -0.457 e. The van der Waals surface area contributed by atoms with E-state index in [1.165, 1.54) is 4.90 Å². The van der Waals surface area contributed by atoms with Crippen molar-refractivity contribution in [3.8, 4) is 23.0 Å². The Kier molecular flexibility index (Phi) is 10.6. The van der Waals surface area contributed by atoms with Crippen LogP contribution in [0.15, 0.2) is 195 Å². The first kappa shape index (κ1) is 42.9. The minimum atomic E-state index is -2.33. The summed E-state index contributed by atoms with van der Waals surface area (Å²) in [6.07, 6.45) is 7.06. The molecule has 378 valence electrons. The van der Waals surface area contributed by atoms with Gasteiger partial charge >= 0.3 is 0 Å². The predicted molar refractivity (Wildman–Crippen MR) is 311 cm³/mol. The number of benzene rings is 7. The largest absolute Gasteiger partial charge is 0.457 e. The molecule has 0 fully saturated rings. The van der Waals surface area contributed by atoms with E-state index in [0.717, 1.165) is 96.8 Å². The third kappa shape index (κ3) is 8.33. The van der Waals surface area contributed by atoms with Crippen LogP contribution in [0.1, 0.15) is 4.11 Å². The van der Waals surface area contributed by atoms with Gasteiger partial charge in [0.2, 0.25) is 0 Å².